The van der Waals surface area contributed by atoms with Crippen LogP contribution in [0, 0.1) is 6.92 Å². The molecule has 19 heavy (non-hydrogen) atoms. The molecule has 2 aromatic rings. The number of nitrogens with zero attached hydrogens (tertiary/aromatic N) is 2. The van der Waals surface area contributed by atoms with Crippen LogP contribution in [0.2, 0.25) is 10.0 Å². The molecule has 0 bridgehead atoms. The predicted molar refractivity (Wildman–Crippen MR) is 77.8 cm³/mol. The standard InChI is InChI=1S/C14H16Cl2N2O/c1-3-6-18-13(12(16)8-17-18)14(19)10-5-4-9(2)7-11(10)15/h4-5,7-8,14,19H,3,6H2,1-2H3. The van der Waals surface area contributed by atoms with Crippen molar-refractivity contribution in [2.45, 2.75) is 32.9 Å². The van der Waals surface area contributed by atoms with Crippen molar-refractivity contribution in [3.8, 4) is 0 Å². The monoisotopic (exact) mass is 298 g/mol. The van der Waals surface area contributed by atoms with E-state index in [2.05, 4.69) is 5.10 Å². The van der Waals surface area contributed by atoms with E-state index in [1.54, 1.807) is 10.9 Å². The lowest BCUT2D eigenvalue weighted by atomic mass is 10.0. The third kappa shape index (κ3) is 2.94. The molecule has 0 radical (unpaired) electrons. The van der Waals surface area contributed by atoms with Crippen molar-refractivity contribution in [3.05, 3.63) is 51.3 Å². The minimum atomic E-state index is -0.866. The highest BCUT2D eigenvalue weighted by Crippen LogP contribution is 2.32. The molecule has 0 amide bonds. The molecule has 0 aliphatic rings. The van der Waals surface area contributed by atoms with Crippen molar-refractivity contribution in [2.24, 2.45) is 0 Å². The molecule has 1 N–H and O–H groups in total. The quantitative estimate of drug-likeness (QED) is 0.927. The minimum absolute atomic E-state index is 0.456. The van der Waals surface area contributed by atoms with Gasteiger partial charge in [-0.1, -0.05) is 42.3 Å². The van der Waals surface area contributed by atoms with E-state index in [-0.39, 0.29) is 0 Å². The van der Waals surface area contributed by atoms with Gasteiger partial charge in [0, 0.05) is 17.1 Å². The average Bonchev–Trinajstić information content (AvgIpc) is 2.70. The van der Waals surface area contributed by atoms with Crippen molar-refractivity contribution < 1.29 is 5.11 Å². The van der Waals surface area contributed by atoms with E-state index >= 15 is 0 Å². The van der Waals surface area contributed by atoms with Crippen LogP contribution in [-0.2, 0) is 6.54 Å². The molecule has 0 spiro atoms. The maximum Gasteiger partial charge on any atom is 0.124 e. The average molecular weight is 299 g/mol. The summed E-state index contributed by atoms with van der Waals surface area (Å²) in [7, 11) is 0. The molecule has 0 fully saturated rings. The number of hydrogen-bond acceptors (Lipinski definition) is 2. The van der Waals surface area contributed by atoms with Gasteiger partial charge in [0.05, 0.1) is 16.9 Å². The summed E-state index contributed by atoms with van der Waals surface area (Å²) >= 11 is 12.3. The summed E-state index contributed by atoms with van der Waals surface area (Å²) in [6.45, 7) is 4.71. The molecule has 1 aromatic heterocycles. The Labute approximate surface area is 122 Å². The van der Waals surface area contributed by atoms with Crippen LogP contribution in [0.1, 0.15) is 36.3 Å². The molecule has 0 saturated carbocycles. The van der Waals surface area contributed by atoms with Gasteiger partial charge in [-0.05, 0) is 25.0 Å². The lowest BCUT2D eigenvalue weighted by Crippen LogP contribution is -2.11. The Morgan fingerprint density at radius 3 is 2.68 bits per heavy atom. The summed E-state index contributed by atoms with van der Waals surface area (Å²) in [6.07, 6.45) is 1.60. The number of aliphatic hydroxyl groups excluding tert-OH is 1. The number of aryl methyl sites for hydroxylation is 2. The van der Waals surface area contributed by atoms with Crippen molar-refractivity contribution >= 4 is 23.2 Å². The number of benzene rings is 1. The highest BCUT2D eigenvalue weighted by molar-refractivity contribution is 6.32. The van der Waals surface area contributed by atoms with Gasteiger partial charge >= 0.3 is 0 Å². The van der Waals surface area contributed by atoms with Crippen LogP contribution in [0.5, 0.6) is 0 Å². The number of hydrogen-bond donors (Lipinski definition) is 1. The fourth-order valence-electron chi connectivity index (χ4n) is 2.03. The summed E-state index contributed by atoms with van der Waals surface area (Å²) < 4.78 is 1.73. The van der Waals surface area contributed by atoms with Crippen LogP contribution in [0.25, 0.3) is 0 Å². The molecule has 1 unspecified atom stereocenters. The van der Waals surface area contributed by atoms with Crippen molar-refractivity contribution in [2.75, 3.05) is 0 Å². The van der Waals surface area contributed by atoms with E-state index in [1.807, 2.05) is 32.0 Å². The maximum atomic E-state index is 10.5. The zero-order valence-corrected chi connectivity index (χ0v) is 12.4. The van der Waals surface area contributed by atoms with Gasteiger partial charge in [0.1, 0.15) is 6.10 Å². The van der Waals surface area contributed by atoms with Crippen LogP contribution in [0.15, 0.2) is 24.4 Å². The van der Waals surface area contributed by atoms with E-state index in [0.29, 0.717) is 27.8 Å². The molecular formula is C14H16Cl2N2O. The molecule has 0 aliphatic heterocycles. The fourth-order valence-corrected chi connectivity index (χ4v) is 2.62. The second kappa shape index (κ2) is 5.95. The van der Waals surface area contributed by atoms with Gasteiger partial charge in [0.15, 0.2) is 0 Å². The van der Waals surface area contributed by atoms with E-state index in [0.717, 1.165) is 12.0 Å². The second-order valence-electron chi connectivity index (χ2n) is 4.53. The maximum absolute atomic E-state index is 10.5. The van der Waals surface area contributed by atoms with Gasteiger partial charge in [-0.15, -0.1) is 0 Å². The van der Waals surface area contributed by atoms with E-state index in [1.165, 1.54) is 0 Å². The number of aliphatic hydroxyl groups is 1. The molecular weight excluding hydrogens is 283 g/mol. The first-order valence-corrected chi connectivity index (χ1v) is 6.95. The Morgan fingerprint density at radius 2 is 2.05 bits per heavy atom. The molecule has 5 heteroatoms. The van der Waals surface area contributed by atoms with Gasteiger partial charge in [-0.3, -0.25) is 4.68 Å². The SMILES string of the molecule is CCCn1ncc(Cl)c1C(O)c1ccc(C)cc1Cl. The van der Waals surface area contributed by atoms with Crippen LogP contribution in [0.4, 0.5) is 0 Å². The molecule has 2 rings (SSSR count). The Kier molecular flexibility index (Phi) is 4.50. The molecule has 1 aromatic carbocycles. The summed E-state index contributed by atoms with van der Waals surface area (Å²) in [4.78, 5) is 0. The zero-order valence-electron chi connectivity index (χ0n) is 10.9. The summed E-state index contributed by atoms with van der Waals surface area (Å²) in [5.74, 6) is 0. The van der Waals surface area contributed by atoms with Crippen molar-refractivity contribution in [1.29, 1.82) is 0 Å². The van der Waals surface area contributed by atoms with Crippen LogP contribution in [-0.4, -0.2) is 14.9 Å². The van der Waals surface area contributed by atoms with Gasteiger partial charge in [0.2, 0.25) is 0 Å². The zero-order chi connectivity index (χ0) is 14.0. The van der Waals surface area contributed by atoms with Gasteiger partial charge in [-0.25, -0.2) is 0 Å². The predicted octanol–water partition coefficient (Wildman–Crippen LogP) is 3.99. The van der Waals surface area contributed by atoms with Crippen LogP contribution in [0.3, 0.4) is 0 Å². The van der Waals surface area contributed by atoms with E-state index in [4.69, 9.17) is 23.2 Å². The third-order valence-electron chi connectivity index (χ3n) is 2.98. The molecule has 0 aliphatic carbocycles. The molecule has 3 nitrogen and oxygen atoms in total. The number of halogens is 2. The van der Waals surface area contributed by atoms with Gasteiger partial charge in [-0.2, -0.15) is 5.10 Å². The highest BCUT2D eigenvalue weighted by atomic mass is 35.5. The summed E-state index contributed by atoms with van der Waals surface area (Å²) in [6, 6.07) is 5.56. The van der Waals surface area contributed by atoms with E-state index in [9.17, 15) is 5.11 Å². The Hall–Kier alpha value is -1.03. The van der Waals surface area contributed by atoms with E-state index < -0.39 is 6.10 Å². The number of rotatable bonds is 4. The fraction of sp³-hybridized carbons (Fsp3) is 0.357. The lowest BCUT2D eigenvalue weighted by molar-refractivity contribution is 0.207. The summed E-state index contributed by atoms with van der Waals surface area (Å²) in [5.41, 5.74) is 2.29. The van der Waals surface area contributed by atoms with Crippen LogP contribution < -0.4 is 0 Å². The first-order chi connectivity index (χ1) is 9.04. The Balaban J connectivity index is 2.43. The van der Waals surface area contributed by atoms with Gasteiger partial charge in [0.25, 0.3) is 0 Å². The largest absolute Gasteiger partial charge is 0.382 e. The molecule has 1 heterocycles. The van der Waals surface area contributed by atoms with Crippen molar-refractivity contribution in [3.63, 3.8) is 0 Å². The normalized spacial score (nSPS) is 12.7. The minimum Gasteiger partial charge on any atom is -0.382 e. The molecule has 102 valence electrons. The second-order valence-corrected chi connectivity index (χ2v) is 5.34. The highest BCUT2D eigenvalue weighted by Gasteiger charge is 2.21. The molecule has 1 atom stereocenters. The first kappa shape index (κ1) is 14.4. The topological polar surface area (TPSA) is 38.0 Å². The lowest BCUT2D eigenvalue weighted by Gasteiger charge is -2.15. The summed E-state index contributed by atoms with van der Waals surface area (Å²) in [5, 5.41) is 15.7. The van der Waals surface area contributed by atoms with Crippen LogP contribution >= 0.6 is 23.2 Å². The smallest absolute Gasteiger partial charge is 0.124 e. The first-order valence-electron chi connectivity index (χ1n) is 6.20. The molecule has 0 saturated heterocycles. The third-order valence-corrected chi connectivity index (χ3v) is 3.60. The Bertz CT molecular complexity index is 581. The van der Waals surface area contributed by atoms with Gasteiger partial charge < -0.3 is 5.11 Å². The Morgan fingerprint density at radius 1 is 1.32 bits per heavy atom. The van der Waals surface area contributed by atoms with Crippen molar-refractivity contribution in [1.82, 2.24) is 9.78 Å². The number of aromatic nitrogens is 2.